The van der Waals surface area contributed by atoms with Gasteiger partial charge in [0.25, 0.3) is 0 Å². The Morgan fingerprint density at radius 2 is 1.48 bits per heavy atom. The number of H-pyrrole nitrogens is 1. The van der Waals surface area contributed by atoms with Crippen LogP contribution in [0.25, 0.3) is 11.3 Å². The van der Waals surface area contributed by atoms with Gasteiger partial charge in [-0.3, -0.25) is 4.79 Å². The Hall–Kier alpha value is -3.80. The van der Waals surface area contributed by atoms with E-state index in [9.17, 15) is 9.59 Å². The van der Waals surface area contributed by atoms with E-state index in [0.29, 0.717) is 17.0 Å². The Bertz CT molecular complexity index is 1130. The van der Waals surface area contributed by atoms with Gasteiger partial charge >= 0.3 is 5.97 Å². The summed E-state index contributed by atoms with van der Waals surface area (Å²) in [6.07, 6.45) is 0. The van der Waals surface area contributed by atoms with E-state index in [1.54, 1.807) is 6.92 Å². The molecule has 146 valence electrons. The van der Waals surface area contributed by atoms with Crippen LogP contribution in [0.5, 0.6) is 0 Å². The number of benzene rings is 2. The van der Waals surface area contributed by atoms with Crippen molar-refractivity contribution in [1.82, 2.24) is 4.98 Å². The first-order valence-corrected chi connectivity index (χ1v) is 9.07. The summed E-state index contributed by atoms with van der Waals surface area (Å²) in [7, 11) is 1.28. The molecule has 0 saturated carbocycles. The Morgan fingerprint density at radius 1 is 0.897 bits per heavy atom. The number of nitrogens with zero attached hydrogens (tertiary/aromatic N) is 2. The standard InChI is InChI=1S/C23H21N3O3/c1-15(17-10-6-4-7-11-17)25-26-16(2)21-19(23(28)29-3)14-20(27)24-22(21)18-12-8-5-9-13-18/h4-14H,1-3H3,(H,24,27)/b25-15-,26-16+. The van der Waals surface area contributed by atoms with Crippen molar-refractivity contribution in [2.24, 2.45) is 10.2 Å². The van der Waals surface area contributed by atoms with Gasteiger partial charge in [0.1, 0.15) is 0 Å². The minimum atomic E-state index is -0.610. The van der Waals surface area contributed by atoms with Crippen molar-refractivity contribution in [3.8, 4) is 11.3 Å². The third-order valence-electron chi connectivity index (χ3n) is 4.41. The molecule has 6 heteroatoms. The van der Waals surface area contributed by atoms with Gasteiger partial charge in [-0.15, -0.1) is 0 Å². The van der Waals surface area contributed by atoms with E-state index >= 15 is 0 Å². The number of hydrogen-bond donors (Lipinski definition) is 1. The predicted octanol–water partition coefficient (Wildman–Crippen LogP) is 4.06. The number of esters is 1. The van der Waals surface area contributed by atoms with Gasteiger partial charge in [-0.25, -0.2) is 4.79 Å². The zero-order valence-electron chi connectivity index (χ0n) is 16.5. The first-order chi connectivity index (χ1) is 14.0. The summed E-state index contributed by atoms with van der Waals surface area (Å²) in [6.45, 7) is 3.60. The maximum Gasteiger partial charge on any atom is 0.338 e. The van der Waals surface area contributed by atoms with Gasteiger partial charge in [0.05, 0.1) is 29.8 Å². The molecule has 1 aromatic heterocycles. The minimum Gasteiger partial charge on any atom is -0.465 e. The van der Waals surface area contributed by atoms with Gasteiger partial charge in [0, 0.05) is 11.6 Å². The molecular weight excluding hydrogens is 366 g/mol. The van der Waals surface area contributed by atoms with Gasteiger partial charge in [0.15, 0.2) is 0 Å². The number of aromatic amines is 1. The molecule has 1 N–H and O–H groups in total. The lowest BCUT2D eigenvalue weighted by Gasteiger charge is -2.13. The third-order valence-corrected chi connectivity index (χ3v) is 4.41. The molecule has 0 atom stereocenters. The largest absolute Gasteiger partial charge is 0.465 e. The molecule has 3 rings (SSSR count). The van der Waals surface area contributed by atoms with Gasteiger partial charge in [-0.1, -0.05) is 60.7 Å². The Morgan fingerprint density at radius 3 is 2.10 bits per heavy atom. The molecule has 3 aromatic rings. The fourth-order valence-corrected chi connectivity index (χ4v) is 2.96. The molecule has 2 aromatic carbocycles. The van der Waals surface area contributed by atoms with Crippen LogP contribution in [0.1, 0.15) is 35.3 Å². The lowest BCUT2D eigenvalue weighted by atomic mass is 9.97. The second-order valence-electron chi connectivity index (χ2n) is 6.39. The van der Waals surface area contributed by atoms with Crippen LogP contribution in [0.2, 0.25) is 0 Å². The number of nitrogens with one attached hydrogen (secondary N) is 1. The van der Waals surface area contributed by atoms with Crippen LogP contribution in [0.3, 0.4) is 0 Å². The smallest absolute Gasteiger partial charge is 0.338 e. The van der Waals surface area contributed by atoms with E-state index in [0.717, 1.165) is 16.8 Å². The predicted molar refractivity (Wildman–Crippen MR) is 115 cm³/mol. The highest BCUT2D eigenvalue weighted by atomic mass is 16.5. The monoisotopic (exact) mass is 387 g/mol. The van der Waals surface area contributed by atoms with Crippen molar-refractivity contribution in [2.75, 3.05) is 7.11 Å². The molecule has 0 radical (unpaired) electrons. The summed E-state index contributed by atoms with van der Waals surface area (Å²) in [5, 5.41) is 8.65. The summed E-state index contributed by atoms with van der Waals surface area (Å²) < 4.78 is 4.89. The maximum atomic E-state index is 12.4. The van der Waals surface area contributed by atoms with Gasteiger partial charge < -0.3 is 9.72 Å². The maximum absolute atomic E-state index is 12.4. The molecule has 0 aliphatic carbocycles. The molecule has 0 saturated heterocycles. The summed E-state index contributed by atoms with van der Waals surface area (Å²) in [4.78, 5) is 27.4. The molecule has 29 heavy (non-hydrogen) atoms. The highest BCUT2D eigenvalue weighted by Crippen LogP contribution is 2.24. The van der Waals surface area contributed by atoms with Crippen LogP contribution in [0.15, 0.2) is 81.7 Å². The van der Waals surface area contributed by atoms with E-state index in [1.807, 2.05) is 67.6 Å². The van der Waals surface area contributed by atoms with Gasteiger partial charge in [-0.05, 0) is 25.0 Å². The molecule has 0 aliphatic heterocycles. The SMILES string of the molecule is COC(=O)c1cc(=O)[nH]c(-c2ccccc2)c1/C(C)=N/N=C(/C)c1ccccc1. The fraction of sp³-hybridized carbons (Fsp3) is 0.130. The molecular formula is C23H21N3O3. The van der Waals surface area contributed by atoms with Crippen LogP contribution in [0, 0.1) is 0 Å². The zero-order valence-corrected chi connectivity index (χ0v) is 16.5. The molecule has 6 nitrogen and oxygen atoms in total. The number of aromatic nitrogens is 1. The van der Waals surface area contributed by atoms with Crippen molar-refractivity contribution in [2.45, 2.75) is 13.8 Å². The van der Waals surface area contributed by atoms with E-state index in [2.05, 4.69) is 15.2 Å². The summed E-state index contributed by atoms with van der Waals surface area (Å²) in [5.74, 6) is -0.610. The van der Waals surface area contributed by atoms with Gasteiger partial charge in [-0.2, -0.15) is 10.2 Å². The average molecular weight is 387 g/mol. The average Bonchev–Trinajstić information content (AvgIpc) is 2.77. The molecule has 0 fully saturated rings. The van der Waals surface area contributed by atoms with Crippen LogP contribution in [-0.2, 0) is 4.74 Å². The Balaban J connectivity index is 2.18. The number of rotatable bonds is 5. The van der Waals surface area contributed by atoms with E-state index in [4.69, 9.17) is 4.74 Å². The van der Waals surface area contributed by atoms with Gasteiger partial charge in [0.2, 0.25) is 5.56 Å². The molecule has 0 unspecified atom stereocenters. The normalized spacial score (nSPS) is 12.0. The fourth-order valence-electron chi connectivity index (χ4n) is 2.96. The number of pyridine rings is 1. The number of carbonyl (C=O) groups is 1. The molecule has 0 spiro atoms. The number of methoxy groups -OCH3 is 1. The van der Waals surface area contributed by atoms with Crippen molar-refractivity contribution < 1.29 is 9.53 Å². The molecule has 1 heterocycles. The highest BCUT2D eigenvalue weighted by molar-refractivity contribution is 6.12. The van der Waals surface area contributed by atoms with E-state index in [-0.39, 0.29) is 5.56 Å². The second kappa shape index (κ2) is 8.93. The minimum absolute atomic E-state index is 0.143. The third kappa shape index (κ3) is 4.55. The van der Waals surface area contributed by atoms with E-state index in [1.165, 1.54) is 13.2 Å². The number of hydrogen-bond acceptors (Lipinski definition) is 5. The van der Waals surface area contributed by atoms with Crippen LogP contribution < -0.4 is 5.56 Å². The Kier molecular flexibility index (Phi) is 6.14. The quantitative estimate of drug-likeness (QED) is 0.407. The zero-order chi connectivity index (χ0) is 20.8. The molecule has 0 amide bonds. The molecule has 0 aliphatic rings. The van der Waals surface area contributed by atoms with E-state index < -0.39 is 11.5 Å². The Labute approximate surface area is 168 Å². The molecule has 0 bridgehead atoms. The summed E-state index contributed by atoms with van der Waals surface area (Å²) >= 11 is 0. The summed E-state index contributed by atoms with van der Waals surface area (Å²) in [5.41, 5.74) is 3.63. The lowest BCUT2D eigenvalue weighted by molar-refractivity contribution is 0.0600. The number of carbonyl (C=O) groups excluding carboxylic acids is 1. The topological polar surface area (TPSA) is 83.9 Å². The second-order valence-corrected chi connectivity index (χ2v) is 6.39. The van der Waals surface area contributed by atoms with Crippen molar-refractivity contribution in [3.05, 3.63) is 93.8 Å². The summed E-state index contributed by atoms with van der Waals surface area (Å²) in [6, 6.07) is 20.2. The lowest BCUT2D eigenvalue weighted by Crippen LogP contribution is -2.18. The van der Waals surface area contributed by atoms with Crippen molar-refractivity contribution in [1.29, 1.82) is 0 Å². The highest BCUT2D eigenvalue weighted by Gasteiger charge is 2.20. The van der Waals surface area contributed by atoms with Crippen LogP contribution in [-0.4, -0.2) is 29.5 Å². The van der Waals surface area contributed by atoms with Crippen molar-refractivity contribution in [3.63, 3.8) is 0 Å². The van der Waals surface area contributed by atoms with Crippen LogP contribution in [0.4, 0.5) is 0 Å². The first kappa shape index (κ1) is 19.9. The van der Waals surface area contributed by atoms with Crippen LogP contribution >= 0.6 is 0 Å². The number of ether oxygens (including phenoxy) is 1. The van der Waals surface area contributed by atoms with Crippen molar-refractivity contribution >= 4 is 17.4 Å². The first-order valence-electron chi connectivity index (χ1n) is 9.07.